The van der Waals surface area contributed by atoms with Crippen molar-refractivity contribution in [3.63, 3.8) is 0 Å². The number of carbonyl (C=O) groups excluding carboxylic acids is 1. The quantitative estimate of drug-likeness (QED) is 0.841. The third-order valence-electron chi connectivity index (χ3n) is 3.04. The molecule has 1 aliphatic rings. The molecule has 0 atom stereocenters. The predicted molar refractivity (Wildman–Crippen MR) is 76.6 cm³/mol. The average Bonchev–Trinajstić information content (AvgIpc) is 3.09. The van der Waals surface area contributed by atoms with E-state index in [1.54, 1.807) is 29.7 Å². The molecule has 3 heterocycles. The van der Waals surface area contributed by atoms with Gasteiger partial charge in [-0.05, 0) is 28.1 Å². The molecule has 0 aliphatic carbocycles. The monoisotopic (exact) mass is 341 g/mol. The largest absolute Gasteiger partial charge is 0.444 e. The molecule has 0 radical (unpaired) electrons. The van der Waals surface area contributed by atoms with Gasteiger partial charge in [0.2, 0.25) is 0 Å². The molecule has 0 N–H and O–H groups in total. The zero-order chi connectivity index (χ0) is 13.2. The number of furan rings is 1. The predicted octanol–water partition coefficient (Wildman–Crippen LogP) is 2.46. The molecule has 1 fully saturated rings. The van der Waals surface area contributed by atoms with Crippen LogP contribution in [-0.2, 0) is 0 Å². The average molecular weight is 342 g/mol. The summed E-state index contributed by atoms with van der Waals surface area (Å²) >= 11 is 4.83. The highest BCUT2D eigenvalue weighted by molar-refractivity contribution is 9.10. The number of amides is 1. The Balaban J connectivity index is 1.62. The molecule has 1 amide bonds. The minimum atomic E-state index is -0.0514. The molecule has 19 heavy (non-hydrogen) atoms. The van der Waals surface area contributed by atoms with Crippen molar-refractivity contribution in [2.45, 2.75) is 0 Å². The number of aromatic nitrogens is 1. The van der Waals surface area contributed by atoms with Gasteiger partial charge in [0, 0.05) is 37.8 Å². The van der Waals surface area contributed by atoms with Gasteiger partial charge in [0.15, 0.2) is 15.6 Å². The summed E-state index contributed by atoms with van der Waals surface area (Å²) in [6.07, 6.45) is 1.80. The molecule has 2 aromatic rings. The van der Waals surface area contributed by atoms with Crippen molar-refractivity contribution in [1.29, 1.82) is 0 Å². The Hall–Kier alpha value is -1.34. The van der Waals surface area contributed by atoms with Crippen molar-refractivity contribution in [3.8, 4) is 0 Å². The van der Waals surface area contributed by atoms with Crippen LogP contribution in [0.3, 0.4) is 0 Å². The molecule has 0 aromatic carbocycles. The Labute approximate surface area is 123 Å². The molecule has 7 heteroatoms. The lowest BCUT2D eigenvalue weighted by Gasteiger charge is -2.34. The first-order valence-electron chi connectivity index (χ1n) is 5.93. The maximum atomic E-state index is 12.2. The van der Waals surface area contributed by atoms with Crippen LogP contribution in [0.2, 0.25) is 0 Å². The van der Waals surface area contributed by atoms with Gasteiger partial charge in [-0.15, -0.1) is 11.3 Å². The van der Waals surface area contributed by atoms with Crippen molar-refractivity contribution in [1.82, 2.24) is 9.88 Å². The van der Waals surface area contributed by atoms with Crippen molar-refractivity contribution in [2.75, 3.05) is 31.1 Å². The van der Waals surface area contributed by atoms with E-state index in [-0.39, 0.29) is 5.91 Å². The first kappa shape index (κ1) is 12.7. The smallest absolute Gasteiger partial charge is 0.289 e. The highest BCUT2D eigenvalue weighted by Gasteiger charge is 2.24. The molecule has 0 saturated carbocycles. The van der Waals surface area contributed by atoms with Gasteiger partial charge in [-0.2, -0.15) is 0 Å². The van der Waals surface area contributed by atoms with Crippen LogP contribution in [-0.4, -0.2) is 42.0 Å². The van der Waals surface area contributed by atoms with E-state index in [4.69, 9.17) is 4.42 Å². The molecular formula is C12H12BrN3O2S. The Morgan fingerprint density at radius 2 is 2.11 bits per heavy atom. The standard InChI is InChI=1S/C12H12BrN3O2S/c13-10-2-1-9(18-10)11(17)15-4-6-16(7-5-15)12-14-3-8-19-12/h1-3,8H,4-7H2. The van der Waals surface area contributed by atoms with Crippen molar-refractivity contribution >= 4 is 38.3 Å². The number of rotatable bonds is 2. The first-order valence-corrected chi connectivity index (χ1v) is 7.60. The lowest BCUT2D eigenvalue weighted by Crippen LogP contribution is -2.48. The number of piperazine rings is 1. The van der Waals surface area contributed by atoms with Gasteiger partial charge in [0.1, 0.15) is 0 Å². The summed E-state index contributed by atoms with van der Waals surface area (Å²) in [6, 6.07) is 3.43. The van der Waals surface area contributed by atoms with Crippen LogP contribution < -0.4 is 4.90 Å². The minimum Gasteiger partial charge on any atom is -0.444 e. The highest BCUT2D eigenvalue weighted by Crippen LogP contribution is 2.20. The second-order valence-corrected chi connectivity index (χ2v) is 5.85. The maximum Gasteiger partial charge on any atom is 0.289 e. The first-order chi connectivity index (χ1) is 9.24. The molecule has 100 valence electrons. The van der Waals surface area contributed by atoms with Crippen LogP contribution in [0, 0.1) is 0 Å². The number of halogens is 1. The van der Waals surface area contributed by atoms with E-state index < -0.39 is 0 Å². The lowest BCUT2D eigenvalue weighted by atomic mass is 10.3. The van der Waals surface area contributed by atoms with Gasteiger partial charge in [-0.1, -0.05) is 0 Å². The number of anilines is 1. The number of hydrogen-bond acceptors (Lipinski definition) is 5. The fourth-order valence-electron chi connectivity index (χ4n) is 2.06. The van der Waals surface area contributed by atoms with Gasteiger partial charge >= 0.3 is 0 Å². The number of hydrogen-bond donors (Lipinski definition) is 0. The van der Waals surface area contributed by atoms with Crippen molar-refractivity contribution in [3.05, 3.63) is 34.1 Å². The third kappa shape index (κ3) is 2.66. The van der Waals surface area contributed by atoms with E-state index in [2.05, 4.69) is 25.8 Å². The molecular weight excluding hydrogens is 330 g/mol. The third-order valence-corrected chi connectivity index (χ3v) is 4.30. The molecule has 0 bridgehead atoms. The summed E-state index contributed by atoms with van der Waals surface area (Å²) in [5.74, 6) is 0.332. The second-order valence-electron chi connectivity index (χ2n) is 4.20. The fraction of sp³-hybridized carbons (Fsp3) is 0.333. The van der Waals surface area contributed by atoms with Crippen LogP contribution in [0.15, 0.2) is 32.8 Å². The van der Waals surface area contributed by atoms with E-state index in [1.165, 1.54) is 0 Å². The summed E-state index contributed by atoms with van der Waals surface area (Å²) in [6.45, 7) is 3.00. The Morgan fingerprint density at radius 3 is 2.68 bits per heavy atom. The van der Waals surface area contributed by atoms with E-state index in [0.29, 0.717) is 23.5 Å². The van der Waals surface area contributed by atoms with Gasteiger partial charge in [0.05, 0.1) is 0 Å². The Morgan fingerprint density at radius 1 is 1.32 bits per heavy atom. The SMILES string of the molecule is O=C(c1ccc(Br)o1)N1CCN(c2nccs2)CC1. The van der Waals surface area contributed by atoms with Gasteiger partial charge in [0.25, 0.3) is 5.91 Å². The van der Waals surface area contributed by atoms with Gasteiger partial charge in [-0.25, -0.2) is 4.98 Å². The Bertz CT molecular complexity index is 561. The number of nitrogens with zero attached hydrogens (tertiary/aromatic N) is 3. The van der Waals surface area contributed by atoms with Gasteiger partial charge in [-0.3, -0.25) is 4.79 Å². The van der Waals surface area contributed by atoms with Crippen LogP contribution in [0.4, 0.5) is 5.13 Å². The molecule has 2 aromatic heterocycles. The van der Waals surface area contributed by atoms with Crippen LogP contribution in [0.1, 0.15) is 10.6 Å². The topological polar surface area (TPSA) is 49.6 Å². The number of thiazole rings is 1. The van der Waals surface area contributed by atoms with E-state index in [0.717, 1.165) is 18.2 Å². The summed E-state index contributed by atoms with van der Waals surface area (Å²) in [7, 11) is 0. The molecule has 1 saturated heterocycles. The maximum absolute atomic E-state index is 12.2. The summed E-state index contributed by atoms with van der Waals surface area (Å²) in [5, 5.41) is 2.99. The molecule has 3 rings (SSSR count). The minimum absolute atomic E-state index is 0.0514. The van der Waals surface area contributed by atoms with Crippen molar-refractivity contribution < 1.29 is 9.21 Å². The summed E-state index contributed by atoms with van der Waals surface area (Å²) in [4.78, 5) is 20.5. The lowest BCUT2D eigenvalue weighted by molar-refractivity contribution is 0.0713. The van der Waals surface area contributed by atoms with Crippen LogP contribution in [0.25, 0.3) is 0 Å². The normalized spacial score (nSPS) is 15.8. The van der Waals surface area contributed by atoms with Crippen LogP contribution in [0.5, 0.6) is 0 Å². The summed E-state index contributed by atoms with van der Waals surface area (Å²) in [5.41, 5.74) is 0. The highest BCUT2D eigenvalue weighted by atomic mass is 79.9. The zero-order valence-corrected chi connectivity index (χ0v) is 12.5. The fourth-order valence-corrected chi connectivity index (χ4v) is 3.06. The zero-order valence-electron chi connectivity index (χ0n) is 10.1. The number of carbonyl (C=O) groups is 1. The molecule has 0 unspecified atom stereocenters. The molecule has 0 spiro atoms. The second kappa shape index (κ2) is 5.34. The van der Waals surface area contributed by atoms with E-state index in [1.807, 2.05) is 10.3 Å². The van der Waals surface area contributed by atoms with E-state index >= 15 is 0 Å². The van der Waals surface area contributed by atoms with Crippen molar-refractivity contribution in [2.24, 2.45) is 0 Å². The Kier molecular flexibility index (Phi) is 3.56. The van der Waals surface area contributed by atoms with Crippen LogP contribution >= 0.6 is 27.3 Å². The van der Waals surface area contributed by atoms with E-state index in [9.17, 15) is 4.79 Å². The molecule has 1 aliphatic heterocycles. The van der Waals surface area contributed by atoms with Gasteiger partial charge < -0.3 is 14.2 Å². The molecule has 5 nitrogen and oxygen atoms in total. The summed E-state index contributed by atoms with van der Waals surface area (Å²) < 4.78 is 5.88.